The molecule has 14 heavy (non-hydrogen) atoms. The molecule has 0 spiro atoms. The lowest BCUT2D eigenvalue weighted by molar-refractivity contribution is -0.114. The Balaban J connectivity index is 1.83. The fourth-order valence-corrected chi connectivity index (χ4v) is 1.42. The Hall–Kier alpha value is -0.830. The number of rotatable bonds is 8. The van der Waals surface area contributed by atoms with Crippen LogP contribution in [0.5, 0.6) is 0 Å². The van der Waals surface area contributed by atoms with Crippen molar-refractivity contribution in [3.8, 4) is 0 Å². The number of carbonyl (C=O) groups is 1. The molecule has 1 fully saturated rings. The quantitative estimate of drug-likeness (QED) is 0.366. The number of nitrogens with two attached hydrogens (primary N) is 1. The Morgan fingerprint density at radius 1 is 1.36 bits per heavy atom. The first-order chi connectivity index (χ1) is 6.70. The molecule has 0 radical (unpaired) electrons. The molecule has 1 atom stereocenters. The van der Waals surface area contributed by atoms with E-state index in [-0.39, 0.29) is 5.91 Å². The Labute approximate surface area is 85.3 Å². The van der Waals surface area contributed by atoms with E-state index in [0.717, 1.165) is 25.9 Å². The minimum Gasteiger partial charge on any atom is -0.373 e. The van der Waals surface area contributed by atoms with E-state index in [2.05, 4.69) is 6.58 Å². The van der Waals surface area contributed by atoms with E-state index in [1.807, 2.05) is 0 Å². The van der Waals surface area contributed by atoms with Crippen LogP contribution in [0.15, 0.2) is 12.2 Å². The molecule has 0 saturated carbocycles. The highest BCUT2D eigenvalue weighted by molar-refractivity contribution is 5.91. The van der Waals surface area contributed by atoms with Crippen molar-refractivity contribution in [1.82, 2.24) is 0 Å². The molecule has 0 bridgehead atoms. The van der Waals surface area contributed by atoms with E-state index in [0.29, 0.717) is 11.7 Å². The number of carbonyl (C=O) groups excluding carboxylic acids is 1. The van der Waals surface area contributed by atoms with Crippen molar-refractivity contribution in [2.45, 2.75) is 44.6 Å². The van der Waals surface area contributed by atoms with E-state index in [4.69, 9.17) is 10.5 Å². The van der Waals surface area contributed by atoms with Gasteiger partial charge in [-0.3, -0.25) is 4.79 Å². The van der Waals surface area contributed by atoms with Crippen LogP contribution >= 0.6 is 0 Å². The van der Waals surface area contributed by atoms with Gasteiger partial charge in [0, 0.05) is 5.57 Å². The van der Waals surface area contributed by atoms with Gasteiger partial charge in [0.05, 0.1) is 12.7 Å². The third kappa shape index (κ3) is 5.02. The Bertz CT molecular complexity index is 209. The van der Waals surface area contributed by atoms with Crippen molar-refractivity contribution in [1.29, 1.82) is 0 Å². The van der Waals surface area contributed by atoms with Crippen LogP contribution in [-0.4, -0.2) is 18.6 Å². The zero-order chi connectivity index (χ0) is 10.4. The summed E-state index contributed by atoms with van der Waals surface area (Å²) in [5, 5.41) is 0. The van der Waals surface area contributed by atoms with Crippen LogP contribution in [0.4, 0.5) is 0 Å². The van der Waals surface area contributed by atoms with Crippen molar-refractivity contribution in [2.24, 2.45) is 5.73 Å². The minimum absolute atomic E-state index is 0.364. The average Bonchev–Trinajstić information content (AvgIpc) is 2.94. The van der Waals surface area contributed by atoms with Gasteiger partial charge in [-0.2, -0.15) is 0 Å². The highest BCUT2D eigenvalue weighted by Gasteiger charge is 2.20. The highest BCUT2D eigenvalue weighted by atomic mass is 16.6. The van der Waals surface area contributed by atoms with Crippen molar-refractivity contribution in [2.75, 3.05) is 6.61 Å². The van der Waals surface area contributed by atoms with Gasteiger partial charge in [0.15, 0.2) is 0 Å². The third-order valence-electron chi connectivity index (χ3n) is 2.51. The number of ether oxygens (including phenoxy) is 1. The van der Waals surface area contributed by atoms with Crippen LogP contribution in [0.3, 0.4) is 0 Å². The summed E-state index contributed by atoms with van der Waals surface area (Å²) in [4.78, 5) is 10.6. The standard InChI is InChI=1S/C11H19NO2/c1-9(11(12)13)6-4-2-3-5-7-10-8-14-10/h10H,1-8H2,(H2,12,13). The monoisotopic (exact) mass is 197 g/mol. The van der Waals surface area contributed by atoms with E-state index in [1.54, 1.807) is 0 Å². The average molecular weight is 197 g/mol. The molecule has 1 unspecified atom stereocenters. The number of amides is 1. The predicted octanol–water partition coefficient (Wildman–Crippen LogP) is 1.77. The molecular formula is C11H19NO2. The van der Waals surface area contributed by atoms with Gasteiger partial charge >= 0.3 is 0 Å². The lowest BCUT2D eigenvalue weighted by Gasteiger charge is -2.01. The molecule has 1 rings (SSSR count). The fraction of sp³-hybridized carbons (Fsp3) is 0.727. The largest absolute Gasteiger partial charge is 0.373 e. The minimum atomic E-state index is -0.364. The molecule has 3 heteroatoms. The Morgan fingerprint density at radius 2 is 2.00 bits per heavy atom. The lowest BCUT2D eigenvalue weighted by Crippen LogP contribution is -2.12. The normalized spacial score (nSPS) is 19.3. The number of epoxide rings is 1. The van der Waals surface area contributed by atoms with Gasteiger partial charge in [-0.25, -0.2) is 0 Å². The summed E-state index contributed by atoms with van der Waals surface area (Å²) in [7, 11) is 0. The van der Waals surface area contributed by atoms with Gasteiger partial charge in [0.2, 0.25) is 5.91 Å². The van der Waals surface area contributed by atoms with Gasteiger partial charge in [-0.15, -0.1) is 0 Å². The van der Waals surface area contributed by atoms with E-state index < -0.39 is 0 Å². The van der Waals surface area contributed by atoms with Crippen molar-refractivity contribution in [3.05, 3.63) is 12.2 Å². The summed E-state index contributed by atoms with van der Waals surface area (Å²) in [5.41, 5.74) is 5.62. The molecule has 0 aliphatic carbocycles. The summed E-state index contributed by atoms with van der Waals surface area (Å²) in [6, 6.07) is 0. The topological polar surface area (TPSA) is 55.6 Å². The van der Waals surface area contributed by atoms with Crippen molar-refractivity contribution in [3.63, 3.8) is 0 Å². The fourth-order valence-electron chi connectivity index (χ4n) is 1.42. The second-order valence-corrected chi connectivity index (χ2v) is 3.88. The zero-order valence-electron chi connectivity index (χ0n) is 8.63. The molecule has 0 aromatic heterocycles. The maximum Gasteiger partial charge on any atom is 0.244 e. The second-order valence-electron chi connectivity index (χ2n) is 3.88. The molecule has 1 saturated heterocycles. The zero-order valence-corrected chi connectivity index (χ0v) is 8.63. The van der Waals surface area contributed by atoms with Gasteiger partial charge < -0.3 is 10.5 Å². The molecule has 1 aliphatic heterocycles. The molecular weight excluding hydrogens is 178 g/mol. The predicted molar refractivity (Wildman–Crippen MR) is 55.8 cm³/mol. The Morgan fingerprint density at radius 3 is 2.57 bits per heavy atom. The van der Waals surface area contributed by atoms with E-state index in [1.165, 1.54) is 19.3 Å². The number of hydrogen-bond acceptors (Lipinski definition) is 2. The summed E-state index contributed by atoms with van der Waals surface area (Å²) in [5.74, 6) is -0.364. The molecule has 80 valence electrons. The van der Waals surface area contributed by atoms with E-state index in [9.17, 15) is 4.79 Å². The number of primary amides is 1. The molecule has 0 aromatic carbocycles. The van der Waals surface area contributed by atoms with Crippen LogP contribution in [0.25, 0.3) is 0 Å². The van der Waals surface area contributed by atoms with Gasteiger partial charge in [0.1, 0.15) is 0 Å². The molecule has 2 N–H and O–H groups in total. The summed E-state index contributed by atoms with van der Waals surface area (Å²) < 4.78 is 5.11. The molecule has 0 aromatic rings. The molecule has 3 nitrogen and oxygen atoms in total. The first-order valence-corrected chi connectivity index (χ1v) is 5.29. The van der Waals surface area contributed by atoms with Crippen LogP contribution < -0.4 is 5.73 Å². The second kappa shape index (κ2) is 5.81. The lowest BCUT2D eigenvalue weighted by atomic mass is 10.1. The van der Waals surface area contributed by atoms with E-state index >= 15 is 0 Å². The first-order valence-electron chi connectivity index (χ1n) is 5.29. The summed E-state index contributed by atoms with van der Waals surface area (Å²) >= 11 is 0. The molecule has 1 heterocycles. The molecule has 1 amide bonds. The SMILES string of the molecule is C=C(CCCCCCC1CO1)C(N)=O. The van der Waals surface area contributed by atoms with Gasteiger partial charge in [-0.05, 0) is 19.3 Å². The van der Waals surface area contributed by atoms with Crippen LogP contribution in [0.2, 0.25) is 0 Å². The van der Waals surface area contributed by atoms with Crippen LogP contribution in [-0.2, 0) is 9.53 Å². The smallest absolute Gasteiger partial charge is 0.244 e. The Kier molecular flexibility index (Phi) is 4.66. The summed E-state index contributed by atoms with van der Waals surface area (Å²) in [6.45, 7) is 4.57. The molecule has 1 aliphatic rings. The highest BCUT2D eigenvalue weighted by Crippen LogP contribution is 2.18. The maximum atomic E-state index is 10.6. The van der Waals surface area contributed by atoms with Crippen molar-refractivity contribution < 1.29 is 9.53 Å². The number of unbranched alkanes of at least 4 members (excludes halogenated alkanes) is 3. The van der Waals surface area contributed by atoms with Crippen LogP contribution in [0.1, 0.15) is 38.5 Å². The third-order valence-corrected chi connectivity index (χ3v) is 2.51. The summed E-state index contributed by atoms with van der Waals surface area (Å²) in [6.07, 6.45) is 7.11. The first kappa shape index (κ1) is 11.2. The maximum absolute atomic E-state index is 10.6. The van der Waals surface area contributed by atoms with Crippen molar-refractivity contribution >= 4 is 5.91 Å². The van der Waals surface area contributed by atoms with Gasteiger partial charge in [0.25, 0.3) is 0 Å². The number of hydrogen-bond donors (Lipinski definition) is 1. The van der Waals surface area contributed by atoms with Crippen LogP contribution in [0, 0.1) is 0 Å². The van der Waals surface area contributed by atoms with Gasteiger partial charge in [-0.1, -0.05) is 25.8 Å².